The number of aromatic nitrogens is 2. The molecule has 1 aliphatic rings. The Morgan fingerprint density at radius 2 is 2.04 bits per heavy atom. The van der Waals surface area contributed by atoms with Gasteiger partial charge in [0.15, 0.2) is 5.69 Å². The smallest absolute Gasteiger partial charge is 0.354 e. The van der Waals surface area contributed by atoms with E-state index in [-0.39, 0.29) is 17.9 Å². The summed E-state index contributed by atoms with van der Waals surface area (Å²) in [6.45, 7) is 1.76. The molecule has 0 aliphatic carbocycles. The number of nitrogens with zero attached hydrogens (tertiary/aromatic N) is 2. The first-order valence-electron chi connectivity index (χ1n) is 8.49. The summed E-state index contributed by atoms with van der Waals surface area (Å²) in [6.07, 6.45) is 6.21. The predicted molar refractivity (Wildman–Crippen MR) is 95.0 cm³/mol. The van der Waals surface area contributed by atoms with Crippen molar-refractivity contribution in [3.63, 3.8) is 0 Å². The SMILES string of the molecule is Cc1c(CC[C@@H]2CCC[C@H](c3ccc(Cl)cc3)O2)ncnc1C(=O)O. The van der Waals surface area contributed by atoms with Crippen LogP contribution < -0.4 is 0 Å². The molecule has 0 bridgehead atoms. The fourth-order valence-corrected chi connectivity index (χ4v) is 3.41. The quantitative estimate of drug-likeness (QED) is 0.856. The van der Waals surface area contributed by atoms with Crippen molar-refractivity contribution in [2.24, 2.45) is 0 Å². The van der Waals surface area contributed by atoms with Gasteiger partial charge in [-0.25, -0.2) is 14.8 Å². The molecule has 1 fully saturated rings. The molecule has 5 nitrogen and oxygen atoms in total. The van der Waals surface area contributed by atoms with E-state index in [1.807, 2.05) is 24.3 Å². The Hall–Kier alpha value is -1.98. The lowest BCUT2D eigenvalue weighted by Crippen LogP contribution is -2.23. The molecule has 0 amide bonds. The molecule has 1 N–H and O–H groups in total. The third-order valence-corrected chi connectivity index (χ3v) is 4.94. The van der Waals surface area contributed by atoms with Gasteiger partial charge in [-0.15, -0.1) is 0 Å². The zero-order chi connectivity index (χ0) is 17.8. The van der Waals surface area contributed by atoms with Gasteiger partial charge in [-0.05, 0) is 56.7 Å². The van der Waals surface area contributed by atoms with Crippen LogP contribution in [0.15, 0.2) is 30.6 Å². The predicted octanol–water partition coefficient (Wildman–Crippen LogP) is 4.38. The van der Waals surface area contributed by atoms with Crippen LogP contribution in [0.1, 0.15) is 59.1 Å². The number of aryl methyl sites for hydroxylation is 1. The van der Waals surface area contributed by atoms with Crippen molar-refractivity contribution in [1.29, 1.82) is 0 Å². The van der Waals surface area contributed by atoms with Gasteiger partial charge in [-0.3, -0.25) is 0 Å². The monoisotopic (exact) mass is 360 g/mol. The molecule has 1 aromatic heterocycles. The zero-order valence-corrected chi connectivity index (χ0v) is 14.9. The molecule has 3 rings (SSSR count). The molecule has 0 unspecified atom stereocenters. The van der Waals surface area contributed by atoms with Gasteiger partial charge in [-0.2, -0.15) is 0 Å². The fraction of sp³-hybridized carbons (Fsp3) is 0.421. The van der Waals surface area contributed by atoms with E-state index in [1.54, 1.807) is 6.92 Å². The molecule has 2 aromatic rings. The molecule has 1 aliphatic heterocycles. The van der Waals surface area contributed by atoms with Crippen LogP contribution in [0.2, 0.25) is 5.02 Å². The molecule has 0 radical (unpaired) electrons. The number of hydrogen-bond acceptors (Lipinski definition) is 4. The summed E-state index contributed by atoms with van der Waals surface area (Å²) in [5.74, 6) is -1.02. The standard InChI is InChI=1S/C19H21ClN2O3/c1-12-16(21-11-22-18(12)19(23)24)10-9-15-3-2-4-17(25-15)13-5-7-14(20)8-6-13/h5-8,11,15,17H,2-4,9-10H2,1H3,(H,23,24)/t15-,17+/m0/s1. The lowest BCUT2D eigenvalue weighted by Gasteiger charge is -2.30. The molecule has 1 aromatic carbocycles. The summed E-state index contributed by atoms with van der Waals surface area (Å²) in [5, 5.41) is 9.89. The van der Waals surface area contributed by atoms with Crippen LogP contribution in [0.25, 0.3) is 0 Å². The number of ether oxygens (including phenoxy) is 1. The molecular weight excluding hydrogens is 340 g/mol. The zero-order valence-electron chi connectivity index (χ0n) is 14.1. The van der Waals surface area contributed by atoms with Gasteiger partial charge in [0.25, 0.3) is 0 Å². The lowest BCUT2D eigenvalue weighted by atomic mass is 9.95. The molecule has 6 heteroatoms. The Labute approximate surface area is 152 Å². The van der Waals surface area contributed by atoms with Crippen molar-refractivity contribution in [3.05, 3.63) is 58.1 Å². The van der Waals surface area contributed by atoms with E-state index in [9.17, 15) is 4.79 Å². The molecule has 0 spiro atoms. The number of carboxylic acid groups (broad SMARTS) is 1. The summed E-state index contributed by atoms with van der Waals surface area (Å²) in [5.41, 5.74) is 2.65. The Balaban J connectivity index is 1.63. The largest absolute Gasteiger partial charge is 0.477 e. The molecular formula is C19H21ClN2O3. The Morgan fingerprint density at radius 1 is 1.28 bits per heavy atom. The molecule has 2 heterocycles. The minimum atomic E-state index is -1.02. The number of carbonyl (C=O) groups is 1. The first-order chi connectivity index (χ1) is 12.0. The highest BCUT2D eigenvalue weighted by Crippen LogP contribution is 2.33. The average molecular weight is 361 g/mol. The molecule has 25 heavy (non-hydrogen) atoms. The summed E-state index contributed by atoms with van der Waals surface area (Å²) < 4.78 is 6.25. The van der Waals surface area contributed by atoms with Crippen LogP contribution in [-0.2, 0) is 11.2 Å². The number of aromatic carboxylic acids is 1. The third kappa shape index (κ3) is 4.35. The van der Waals surface area contributed by atoms with Gasteiger partial charge in [0.05, 0.1) is 12.2 Å². The highest BCUT2D eigenvalue weighted by Gasteiger charge is 2.24. The van der Waals surface area contributed by atoms with Gasteiger partial charge in [0.2, 0.25) is 0 Å². The lowest BCUT2D eigenvalue weighted by molar-refractivity contribution is -0.0547. The van der Waals surface area contributed by atoms with E-state index < -0.39 is 5.97 Å². The van der Waals surface area contributed by atoms with Gasteiger partial charge in [0, 0.05) is 16.3 Å². The second-order valence-electron chi connectivity index (χ2n) is 6.37. The van der Waals surface area contributed by atoms with Gasteiger partial charge in [0.1, 0.15) is 6.33 Å². The normalized spacial score (nSPS) is 20.4. The maximum absolute atomic E-state index is 11.2. The maximum atomic E-state index is 11.2. The van der Waals surface area contributed by atoms with E-state index in [4.69, 9.17) is 21.4 Å². The Kier molecular flexibility index (Phi) is 5.66. The van der Waals surface area contributed by atoms with Gasteiger partial charge in [-0.1, -0.05) is 23.7 Å². The highest BCUT2D eigenvalue weighted by atomic mass is 35.5. The van der Waals surface area contributed by atoms with Crippen molar-refractivity contribution < 1.29 is 14.6 Å². The molecule has 1 saturated heterocycles. The number of hydrogen-bond donors (Lipinski definition) is 1. The van der Waals surface area contributed by atoms with Crippen LogP contribution in [-0.4, -0.2) is 27.1 Å². The maximum Gasteiger partial charge on any atom is 0.354 e. The molecule has 2 atom stereocenters. The molecule has 0 saturated carbocycles. The van der Waals surface area contributed by atoms with Gasteiger partial charge >= 0.3 is 5.97 Å². The molecule has 132 valence electrons. The van der Waals surface area contributed by atoms with E-state index in [0.29, 0.717) is 12.0 Å². The topological polar surface area (TPSA) is 72.3 Å². The van der Waals surface area contributed by atoms with E-state index in [2.05, 4.69) is 9.97 Å². The van der Waals surface area contributed by atoms with Crippen molar-refractivity contribution in [2.45, 2.75) is 51.2 Å². The van der Waals surface area contributed by atoms with E-state index >= 15 is 0 Å². The number of rotatable bonds is 5. The second kappa shape index (κ2) is 7.93. The minimum absolute atomic E-state index is 0.0774. The van der Waals surface area contributed by atoms with E-state index in [0.717, 1.165) is 42.0 Å². The first kappa shape index (κ1) is 17.8. The first-order valence-corrected chi connectivity index (χ1v) is 8.87. The second-order valence-corrected chi connectivity index (χ2v) is 6.80. The third-order valence-electron chi connectivity index (χ3n) is 4.69. The minimum Gasteiger partial charge on any atom is -0.477 e. The van der Waals surface area contributed by atoms with Crippen LogP contribution in [0, 0.1) is 6.92 Å². The average Bonchev–Trinajstić information content (AvgIpc) is 2.61. The summed E-state index contributed by atoms with van der Waals surface area (Å²) in [6, 6.07) is 7.81. The van der Waals surface area contributed by atoms with Crippen LogP contribution in [0.3, 0.4) is 0 Å². The highest BCUT2D eigenvalue weighted by molar-refractivity contribution is 6.30. The Morgan fingerprint density at radius 3 is 2.76 bits per heavy atom. The van der Waals surface area contributed by atoms with Crippen molar-refractivity contribution >= 4 is 17.6 Å². The van der Waals surface area contributed by atoms with Crippen LogP contribution in [0.5, 0.6) is 0 Å². The van der Waals surface area contributed by atoms with Crippen LogP contribution in [0.4, 0.5) is 0 Å². The van der Waals surface area contributed by atoms with Crippen molar-refractivity contribution in [3.8, 4) is 0 Å². The van der Waals surface area contributed by atoms with Crippen molar-refractivity contribution in [1.82, 2.24) is 9.97 Å². The number of carboxylic acids is 1. The Bertz CT molecular complexity index is 749. The summed E-state index contributed by atoms with van der Waals surface area (Å²) >= 11 is 5.95. The van der Waals surface area contributed by atoms with Crippen molar-refractivity contribution in [2.75, 3.05) is 0 Å². The summed E-state index contributed by atoms with van der Waals surface area (Å²) in [7, 11) is 0. The van der Waals surface area contributed by atoms with E-state index in [1.165, 1.54) is 6.33 Å². The fourth-order valence-electron chi connectivity index (χ4n) is 3.29. The van der Waals surface area contributed by atoms with Crippen LogP contribution >= 0.6 is 11.6 Å². The van der Waals surface area contributed by atoms with Gasteiger partial charge < -0.3 is 9.84 Å². The summed E-state index contributed by atoms with van der Waals surface area (Å²) in [4.78, 5) is 19.3. The number of halogens is 1. The number of benzene rings is 1.